The van der Waals surface area contributed by atoms with Crippen molar-refractivity contribution in [2.24, 2.45) is 5.92 Å². The van der Waals surface area contributed by atoms with Crippen LogP contribution in [-0.4, -0.2) is 50.0 Å². The molecular weight excluding hydrogens is 570 g/mol. The van der Waals surface area contributed by atoms with E-state index in [1.54, 1.807) is 31.1 Å². The predicted molar refractivity (Wildman–Crippen MR) is 164 cm³/mol. The monoisotopic (exact) mass is 601 g/mol. The summed E-state index contributed by atoms with van der Waals surface area (Å²) < 4.78 is 5.14. The normalized spacial score (nSPS) is 14.8. The van der Waals surface area contributed by atoms with E-state index in [-0.39, 0.29) is 17.9 Å². The van der Waals surface area contributed by atoms with E-state index in [2.05, 4.69) is 41.4 Å². The van der Waals surface area contributed by atoms with Crippen molar-refractivity contribution in [3.63, 3.8) is 0 Å². The quantitative estimate of drug-likeness (QED) is 0.221. The second kappa shape index (κ2) is 12.3. The molecule has 6 rings (SSSR count). The van der Waals surface area contributed by atoms with E-state index >= 15 is 0 Å². The zero-order chi connectivity index (χ0) is 29.9. The number of hydrogen-bond acceptors (Lipinski definition) is 9. The minimum Gasteiger partial charge on any atom is -0.359 e. The van der Waals surface area contributed by atoms with Gasteiger partial charge in [0.1, 0.15) is 16.4 Å². The van der Waals surface area contributed by atoms with E-state index in [9.17, 15) is 9.59 Å². The van der Waals surface area contributed by atoms with E-state index in [4.69, 9.17) is 16.1 Å². The Morgan fingerprint density at radius 3 is 2.67 bits per heavy atom. The maximum atomic E-state index is 13.2. The number of aromatic nitrogens is 4. The molecule has 43 heavy (non-hydrogen) atoms. The first-order valence-electron chi connectivity index (χ1n) is 14.2. The molecule has 0 aliphatic carbocycles. The Kier molecular flexibility index (Phi) is 8.10. The average molecular weight is 602 g/mol. The van der Waals surface area contributed by atoms with Crippen LogP contribution in [0.1, 0.15) is 41.8 Å². The number of urea groups is 1. The number of fused-ring (bicyclic) bond motifs is 6. The Morgan fingerprint density at radius 2 is 1.88 bits per heavy atom. The highest BCUT2D eigenvalue weighted by atomic mass is 35.5. The number of carbonyl (C=O) groups excluding carboxylic acids is 2. The summed E-state index contributed by atoms with van der Waals surface area (Å²) in [4.78, 5) is 40.9. The number of hydrogen-bond donors (Lipinski definition) is 4. The summed E-state index contributed by atoms with van der Waals surface area (Å²) in [5, 5.41) is 16.8. The van der Waals surface area contributed by atoms with Crippen molar-refractivity contribution in [3.05, 3.63) is 70.5 Å². The van der Waals surface area contributed by atoms with Gasteiger partial charge in [-0.25, -0.2) is 9.78 Å². The molecule has 1 fully saturated rings. The zero-order valence-corrected chi connectivity index (χ0v) is 24.7. The van der Waals surface area contributed by atoms with E-state index in [1.807, 2.05) is 30.5 Å². The topological polar surface area (TPSA) is 150 Å². The van der Waals surface area contributed by atoms with Gasteiger partial charge in [-0.3, -0.25) is 9.78 Å². The van der Waals surface area contributed by atoms with Crippen LogP contribution in [0.5, 0.6) is 0 Å². The molecule has 13 heteroatoms. The largest absolute Gasteiger partial charge is 0.359 e. The number of aryl methyl sites for hydroxylation is 4. The Labute approximate surface area is 253 Å². The zero-order valence-electron chi connectivity index (χ0n) is 23.9. The van der Waals surface area contributed by atoms with Crippen molar-refractivity contribution in [3.8, 4) is 0 Å². The second-order valence-corrected chi connectivity index (χ2v) is 11.3. The number of pyridine rings is 1. The third-order valence-electron chi connectivity index (χ3n) is 7.76. The van der Waals surface area contributed by atoms with Gasteiger partial charge in [0.2, 0.25) is 11.9 Å². The minimum atomic E-state index is -0.179. The van der Waals surface area contributed by atoms with Crippen molar-refractivity contribution in [1.29, 1.82) is 0 Å². The van der Waals surface area contributed by atoms with Gasteiger partial charge < -0.3 is 30.7 Å². The van der Waals surface area contributed by atoms with Crippen LogP contribution in [0, 0.1) is 19.8 Å². The van der Waals surface area contributed by atoms with Gasteiger partial charge in [-0.1, -0.05) is 16.8 Å². The van der Waals surface area contributed by atoms with Gasteiger partial charge in [0.05, 0.1) is 18.1 Å². The molecule has 1 saturated heterocycles. The smallest absolute Gasteiger partial charge is 0.321 e. The molecule has 2 aliphatic rings. The van der Waals surface area contributed by atoms with E-state index in [1.165, 1.54) is 0 Å². The lowest BCUT2D eigenvalue weighted by atomic mass is 9.93. The van der Waals surface area contributed by atoms with Crippen molar-refractivity contribution >= 4 is 58.1 Å². The average Bonchev–Trinajstić information content (AvgIpc) is 3.31. The lowest BCUT2D eigenvalue weighted by Crippen LogP contribution is -2.41. The van der Waals surface area contributed by atoms with Crippen LogP contribution < -0.4 is 21.3 Å². The molecule has 0 saturated carbocycles. The van der Waals surface area contributed by atoms with Gasteiger partial charge in [0, 0.05) is 37.1 Å². The second-order valence-electron chi connectivity index (χ2n) is 10.9. The molecule has 1 aromatic carbocycles. The van der Waals surface area contributed by atoms with Crippen molar-refractivity contribution in [2.75, 3.05) is 34.4 Å². The highest BCUT2D eigenvalue weighted by Gasteiger charge is 2.26. The van der Waals surface area contributed by atoms with Crippen LogP contribution in [0.15, 0.2) is 47.4 Å². The van der Waals surface area contributed by atoms with Gasteiger partial charge in [0.25, 0.3) is 0 Å². The molecule has 2 aliphatic heterocycles. The molecule has 0 atom stereocenters. The van der Waals surface area contributed by atoms with Crippen LogP contribution in [0.3, 0.4) is 0 Å². The summed E-state index contributed by atoms with van der Waals surface area (Å²) in [5.74, 6) is 1.59. The van der Waals surface area contributed by atoms with Crippen molar-refractivity contribution in [1.82, 2.24) is 25.0 Å². The number of likely N-dealkylation sites (tertiary alicyclic amines) is 1. The SMILES string of the molecule is Cc1noc(C)c1NC(=O)N1CCC(CC(=O)Nc2ccc3cc2CCc2cncc(c2)Nc2ncc(Cl)c(n2)N3)CC1. The number of benzene rings is 1. The summed E-state index contributed by atoms with van der Waals surface area (Å²) in [7, 11) is 0. The lowest BCUT2D eigenvalue weighted by molar-refractivity contribution is -0.117. The Balaban J connectivity index is 1.11. The van der Waals surface area contributed by atoms with E-state index in [0.717, 1.165) is 47.5 Å². The molecule has 0 radical (unpaired) electrons. The molecule has 5 heterocycles. The first-order chi connectivity index (χ1) is 20.8. The molecule has 4 N–H and O–H groups in total. The standard InChI is InChI=1S/C30H32ClN9O3/c1-17-27(18(2)43-39-17)37-30(42)40-9-7-19(8-10-40)12-26(41)36-25-6-5-22-13-21(25)4-3-20-11-23(15-32-14-20)35-29-33-16-24(31)28(34-22)38-29/h5-6,11,13-16,19H,3-4,7-10,12H2,1-2H3,(H,36,41)(H,37,42)(H2,33,34,35,38). The molecule has 12 nitrogen and oxygen atoms in total. The number of anilines is 6. The molecule has 0 unspecified atom stereocenters. The fraction of sp³-hybridized carbons (Fsp3) is 0.333. The minimum absolute atomic E-state index is 0.0464. The molecule has 4 aromatic rings. The van der Waals surface area contributed by atoms with Crippen LogP contribution in [0.4, 0.5) is 39.3 Å². The van der Waals surface area contributed by atoms with Gasteiger partial charge in [0.15, 0.2) is 11.6 Å². The fourth-order valence-corrected chi connectivity index (χ4v) is 5.54. The van der Waals surface area contributed by atoms with Crippen LogP contribution in [-0.2, 0) is 17.6 Å². The third kappa shape index (κ3) is 6.69. The third-order valence-corrected chi connectivity index (χ3v) is 8.04. The molecule has 3 aromatic heterocycles. The van der Waals surface area contributed by atoms with Gasteiger partial charge in [-0.15, -0.1) is 0 Å². The summed E-state index contributed by atoms with van der Waals surface area (Å²) in [6.07, 6.45) is 8.38. The number of piperidine rings is 1. The number of carbonyl (C=O) groups is 2. The van der Waals surface area contributed by atoms with Crippen LogP contribution in [0.2, 0.25) is 5.02 Å². The fourth-order valence-electron chi connectivity index (χ4n) is 5.40. The first-order valence-corrected chi connectivity index (χ1v) is 14.6. The Bertz CT molecular complexity index is 1650. The van der Waals surface area contributed by atoms with Gasteiger partial charge in [-0.05, 0) is 80.8 Å². The van der Waals surface area contributed by atoms with Gasteiger partial charge in [-0.2, -0.15) is 4.98 Å². The molecule has 3 amide bonds. The van der Waals surface area contributed by atoms with Crippen LogP contribution >= 0.6 is 11.6 Å². The highest BCUT2D eigenvalue weighted by molar-refractivity contribution is 6.32. The summed E-state index contributed by atoms with van der Waals surface area (Å²) in [6, 6.07) is 7.63. The first kappa shape index (κ1) is 28.4. The molecule has 6 bridgehead atoms. The Hall–Kier alpha value is -4.71. The number of halogens is 1. The predicted octanol–water partition coefficient (Wildman–Crippen LogP) is 5.99. The van der Waals surface area contributed by atoms with Crippen molar-refractivity contribution in [2.45, 2.75) is 46.0 Å². The van der Waals surface area contributed by atoms with Crippen molar-refractivity contribution < 1.29 is 14.1 Å². The summed E-state index contributed by atoms with van der Waals surface area (Å²) >= 11 is 6.38. The number of nitrogens with one attached hydrogen (secondary N) is 4. The van der Waals surface area contributed by atoms with E-state index in [0.29, 0.717) is 59.9 Å². The number of rotatable bonds is 4. The summed E-state index contributed by atoms with van der Waals surface area (Å²) in [6.45, 7) is 4.71. The number of nitrogens with zero attached hydrogens (tertiary/aromatic N) is 5. The maximum absolute atomic E-state index is 13.2. The molecular formula is C30H32ClN9O3. The lowest BCUT2D eigenvalue weighted by Gasteiger charge is -2.31. The highest BCUT2D eigenvalue weighted by Crippen LogP contribution is 2.30. The van der Waals surface area contributed by atoms with Gasteiger partial charge >= 0.3 is 6.03 Å². The molecule has 222 valence electrons. The molecule has 0 spiro atoms. The van der Waals surface area contributed by atoms with E-state index < -0.39 is 0 Å². The maximum Gasteiger partial charge on any atom is 0.321 e. The summed E-state index contributed by atoms with van der Waals surface area (Å²) in [5.41, 5.74) is 5.61. The Morgan fingerprint density at radius 1 is 1.05 bits per heavy atom. The van der Waals surface area contributed by atoms with Crippen LogP contribution in [0.25, 0.3) is 0 Å². The number of amides is 3.